The van der Waals surface area contributed by atoms with Crippen LogP contribution in [0.25, 0.3) is 11.1 Å². The van der Waals surface area contributed by atoms with Crippen molar-refractivity contribution >= 4 is 21.6 Å². The number of benzene rings is 2. The zero-order chi connectivity index (χ0) is 18.2. The van der Waals surface area contributed by atoms with Gasteiger partial charge in [-0.05, 0) is 37.6 Å². The topological polar surface area (TPSA) is 66.5 Å². The largest absolute Gasteiger partial charge is 0.350 e. The van der Waals surface area contributed by atoms with E-state index in [1.165, 1.54) is 11.4 Å². The standard InChI is InChI=1S/C19H22N2O3S/c1-4-7-13(2)20-19(22)14-10-11-17-16(12-14)15-8-5-6-9-18(15)25(23,24)21(17)3/h5-6,8-13H,4,7H2,1-3H3,(H,20,22)/t13-/m0/s1. The predicted octanol–water partition coefficient (Wildman–Crippen LogP) is 3.41. The van der Waals surface area contributed by atoms with Crippen LogP contribution in [0.1, 0.15) is 37.0 Å². The average Bonchev–Trinajstić information content (AvgIpc) is 2.59. The molecule has 0 spiro atoms. The van der Waals surface area contributed by atoms with Gasteiger partial charge in [-0.15, -0.1) is 0 Å². The van der Waals surface area contributed by atoms with Gasteiger partial charge in [-0.3, -0.25) is 9.10 Å². The van der Waals surface area contributed by atoms with E-state index in [9.17, 15) is 13.2 Å². The fraction of sp³-hybridized carbons (Fsp3) is 0.316. The van der Waals surface area contributed by atoms with Gasteiger partial charge in [0.05, 0.1) is 10.6 Å². The van der Waals surface area contributed by atoms with E-state index in [2.05, 4.69) is 12.2 Å². The van der Waals surface area contributed by atoms with Gasteiger partial charge in [0, 0.05) is 29.8 Å². The van der Waals surface area contributed by atoms with Gasteiger partial charge in [0.15, 0.2) is 0 Å². The van der Waals surface area contributed by atoms with Gasteiger partial charge in [-0.25, -0.2) is 8.42 Å². The highest BCUT2D eigenvalue weighted by Crippen LogP contribution is 2.42. The Labute approximate surface area is 148 Å². The first-order chi connectivity index (χ1) is 11.9. The van der Waals surface area contributed by atoms with Gasteiger partial charge in [0.1, 0.15) is 0 Å². The minimum absolute atomic E-state index is 0.101. The van der Waals surface area contributed by atoms with E-state index in [4.69, 9.17) is 0 Å². The summed E-state index contributed by atoms with van der Waals surface area (Å²) in [4.78, 5) is 12.8. The molecule has 1 aliphatic rings. The summed E-state index contributed by atoms with van der Waals surface area (Å²) in [5.41, 5.74) is 2.50. The molecule has 25 heavy (non-hydrogen) atoms. The molecule has 0 saturated carbocycles. The third kappa shape index (κ3) is 3.02. The number of rotatable bonds is 4. The molecule has 0 fully saturated rings. The molecule has 0 aliphatic carbocycles. The van der Waals surface area contributed by atoms with Crippen molar-refractivity contribution in [1.82, 2.24) is 5.32 Å². The number of amides is 1. The average molecular weight is 358 g/mol. The molecule has 1 amide bonds. The van der Waals surface area contributed by atoms with Crippen molar-refractivity contribution < 1.29 is 13.2 Å². The molecular formula is C19H22N2O3S. The van der Waals surface area contributed by atoms with Gasteiger partial charge in [-0.1, -0.05) is 31.5 Å². The summed E-state index contributed by atoms with van der Waals surface area (Å²) in [6.07, 6.45) is 1.92. The number of nitrogens with one attached hydrogen (secondary N) is 1. The Morgan fingerprint density at radius 2 is 1.88 bits per heavy atom. The van der Waals surface area contributed by atoms with E-state index in [1.54, 1.807) is 42.5 Å². The molecule has 5 nitrogen and oxygen atoms in total. The van der Waals surface area contributed by atoms with Crippen LogP contribution in [0.5, 0.6) is 0 Å². The van der Waals surface area contributed by atoms with Crippen LogP contribution < -0.4 is 9.62 Å². The second-order valence-corrected chi connectivity index (χ2v) is 8.30. The van der Waals surface area contributed by atoms with Crippen molar-refractivity contribution in [2.45, 2.75) is 37.6 Å². The Kier molecular flexibility index (Phi) is 4.56. The highest BCUT2D eigenvalue weighted by atomic mass is 32.2. The maximum Gasteiger partial charge on any atom is 0.264 e. The molecule has 3 rings (SSSR count). The maximum atomic E-state index is 12.6. The van der Waals surface area contributed by atoms with E-state index in [0.29, 0.717) is 16.8 Å². The molecule has 1 heterocycles. The van der Waals surface area contributed by atoms with Crippen molar-refractivity contribution in [2.24, 2.45) is 0 Å². The monoisotopic (exact) mass is 358 g/mol. The number of carbonyl (C=O) groups is 1. The minimum Gasteiger partial charge on any atom is -0.350 e. The Hall–Kier alpha value is -2.34. The van der Waals surface area contributed by atoms with Crippen LogP contribution in [-0.2, 0) is 10.0 Å². The first kappa shape index (κ1) is 17.5. The lowest BCUT2D eigenvalue weighted by molar-refractivity contribution is 0.0938. The van der Waals surface area contributed by atoms with E-state index in [-0.39, 0.29) is 16.8 Å². The highest BCUT2D eigenvalue weighted by molar-refractivity contribution is 7.93. The second-order valence-electron chi connectivity index (χ2n) is 6.36. The molecule has 132 valence electrons. The van der Waals surface area contributed by atoms with Gasteiger partial charge >= 0.3 is 0 Å². The van der Waals surface area contributed by atoms with E-state index in [1.807, 2.05) is 6.92 Å². The summed E-state index contributed by atoms with van der Waals surface area (Å²) in [5, 5.41) is 2.98. The summed E-state index contributed by atoms with van der Waals surface area (Å²) >= 11 is 0. The van der Waals surface area contributed by atoms with Gasteiger partial charge in [0.25, 0.3) is 15.9 Å². The van der Waals surface area contributed by atoms with Crippen LogP contribution in [0.2, 0.25) is 0 Å². The molecule has 2 aromatic rings. The Bertz CT molecular complexity index is 922. The third-order valence-corrected chi connectivity index (χ3v) is 6.34. The highest BCUT2D eigenvalue weighted by Gasteiger charge is 2.32. The Balaban J connectivity index is 2.05. The molecule has 0 saturated heterocycles. The zero-order valence-electron chi connectivity index (χ0n) is 14.6. The molecule has 1 aliphatic heterocycles. The van der Waals surface area contributed by atoms with Crippen molar-refractivity contribution in [2.75, 3.05) is 11.4 Å². The first-order valence-corrected chi connectivity index (χ1v) is 9.83. The predicted molar refractivity (Wildman–Crippen MR) is 99.3 cm³/mol. The van der Waals surface area contributed by atoms with E-state index >= 15 is 0 Å². The number of carbonyl (C=O) groups excluding carboxylic acids is 1. The minimum atomic E-state index is -3.56. The summed E-state index contributed by atoms with van der Waals surface area (Å²) in [7, 11) is -2.03. The smallest absolute Gasteiger partial charge is 0.264 e. The third-order valence-electron chi connectivity index (χ3n) is 4.51. The fourth-order valence-corrected chi connectivity index (χ4v) is 4.59. The SMILES string of the molecule is CCC[C@H](C)NC(=O)c1ccc2c(c1)-c1ccccc1S(=O)(=O)N2C. The van der Waals surface area contributed by atoms with Crippen molar-refractivity contribution in [3.8, 4) is 11.1 Å². The molecule has 0 unspecified atom stereocenters. The second kappa shape index (κ2) is 6.52. The zero-order valence-corrected chi connectivity index (χ0v) is 15.4. The lowest BCUT2D eigenvalue weighted by Crippen LogP contribution is -2.33. The van der Waals surface area contributed by atoms with Crippen LogP contribution >= 0.6 is 0 Å². The lowest BCUT2D eigenvalue weighted by Gasteiger charge is -2.29. The van der Waals surface area contributed by atoms with Crippen LogP contribution in [-0.4, -0.2) is 27.4 Å². The molecule has 2 aromatic carbocycles. The number of hydrogen-bond donors (Lipinski definition) is 1. The molecule has 6 heteroatoms. The van der Waals surface area contributed by atoms with Crippen LogP contribution in [0.4, 0.5) is 5.69 Å². The summed E-state index contributed by atoms with van der Waals surface area (Å²) < 4.78 is 26.6. The maximum absolute atomic E-state index is 12.6. The van der Waals surface area contributed by atoms with Gasteiger partial charge in [0.2, 0.25) is 0 Å². The summed E-state index contributed by atoms with van der Waals surface area (Å²) in [6, 6.07) is 12.1. The van der Waals surface area contributed by atoms with E-state index < -0.39 is 10.0 Å². The van der Waals surface area contributed by atoms with Crippen LogP contribution in [0, 0.1) is 0 Å². The van der Waals surface area contributed by atoms with Crippen molar-refractivity contribution in [1.29, 1.82) is 0 Å². The van der Waals surface area contributed by atoms with Crippen LogP contribution in [0.15, 0.2) is 47.4 Å². The van der Waals surface area contributed by atoms with Crippen molar-refractivity contribution in [3.63, 3.8) is 0 Å². The van der Waals surface area contributed by atoms with Crippen LogP contribution in [0.3, 0.4) is 0 Å². The molecule has 1 N–H and O–H groups in total. The lowest BCUT2D eigenvalue weighted by atomic mass is 10.00. The number of anilines is 1. The molecular weight excluding hydrogens is 336 g/mol. The molecule has 1 atom stereocenters. The van der Waals surface area contributed by atoms with Crippen molar-refractivity contribution in [3.05, 3.63) is 48.0 Å². The molecule has 0 bridgehead atoms. The molecule has 0 radical (unpaired) electrons. The quantitative estimate of drug-likeness (QED) is 0.911. The summed E-state index contributed by atoms with van der Waals surface area (Å²) in [5.74, 6) is -0.141. The first-order valence-electron chi connectivity index (χ1n) is 8.39. The summed E-state index contributed by atoms with van der Waals surface area (Å²) in [6.45, 7) is 4.06. The van der Waals surface area contributed by atoms with Gasteiger partial charge in [-0.2, -0.15) is 0 Å². The number of fused-ring (bicyclic) bond motifs is 3. The fourth-order valence-electron chi connectivity index (χ4n) is 3.17. The van der Waals surface area contributed by atoms with Gasteiger partial charge < -0.3 is 5.32 Å². The number of sulfonamides is 1. The molecule has 0 aromatic heterocycles. The number of hydrogen-bond acceptors (Lipinski definition) is 3. The Morgan fingerprint density at radius 3 is 2.60 bits per heavy atom. The normalized spacial score (nSPS) is 15.9. The van der Waals surface area contributed by atoms with E-state index in [0.717, 1.165) is 18.4 Å². The number of nitrogens with zero attached hydrogens (tertiary/aromatic N) is 1. The Morgan fingerprint density at radius 1 is 1.16 bits per heavy atom.